The minimum absolute atomic E-state index is 0.00658. The van der Waals surface area contributed by atoms with Gasteiger partial charge < -0.3 is 20.1 Å². The summed E-state index contributed by atoms with van der Waals surface area (Å²) in [5.74, 6) is 2.15. The normalized spacial score (nSPS) is 28.7. The Balaban J connectivity index is 1.67. The monoisotopic (exact) mass is 486 g/mol. The van der Waals surface area contributed by atoms with E-state index >= 15 is 0 Å². The lowest BCUT2D eigenvalue weighted by Crippen LogP contribution is -2.54. The van der Waals surface area contributed by atoms with Gasteiger partial charge in [-0.1, -0.05) is 26.7 Å². The fourth-order valence-electron chi connectivity index (χ4n) is 6.41. The lowest BCUT2D eigenvalue weighted by molar-refractivity contribution is -0.0310. The number of alkyl carbamates (subject to hydrolysis) is 1. The van der Waals surface area contributed by atoms with Gasteiger partial charge in [0.05, 0.1) is 7.11 Å². The van der Waals surface area contributed by atoms with E-state index in [-0.39, 0.29) is 23.2 Å². The number of amides is 1. The van der Waals surface area contributed by atoms with Crippen LogP contribution in [0.2, 0.25) is 0 Å². The molecule has 0 aromatic heterocycles. The highest BCUT2D eigenvalue weighted by Gasteiger charge is 2.52. The van der Waals surface area contributed by atoms with E-state index in [1.165, 1.54) is 12.8 Å². The topological polar surface area (TPSA) is 76.7 Å². The number of carbonyl (C=O) groups is 2. The van der Waals surface area contributed by atoms with Crippen LogP contribution in [0.25, 0.3) is 0 Å². The van der Waals surface area contributed by atoms with E-state index in [0.717, 1.165) is 49.1 Å². The lowest BCUT2D eigenvalue weighted by atomic mass is 9.51. The van der Waals surface area contributed by atoms with Crippen LogP contribution in [-0.2, 0) is 4.74 Å². The highest BCUT2D eigenvalue weighted by atomic mass is 16.6. The molecular formula is C29H46N2O4. The number of Topliss-reactive ketones (excluding diaryl/α,β-unsaturated/α-hetero) is 1. The second kappa shape index (κ2) is 11.3. The van der Waals surface area contributed by atoms with Crippen molar-refractivity contribution in [2.24, 2.45) is 23.2 Å². The predicted molar refractivity (Wildman–Crippen MR) is 140 cm³/mol. The third kappa shape index (κ3) is 6.99. The third-order valence-corrected chi connectivity index (χ3v) is 8.11. The van der Waals surface area contributed by atoms with E-state index in [0.29, 0.717) is 24.4 Å². The molecule has 0 radical (unpaired) electrons. The van der Waals surface area contributed by atoms with Crippen LogP contribution in [-0.4, -0.2) is 43.7 Å². The van der Waals surface area contributed by atoms with Crippen molar-refractivity contribution < 1.29 is 19.1 Å². The summed E-state index contributed by atoms with van der Waals surface area (Å²) in [7, 11) is 1.65. The predicted octanol–water partition coefficient (Wildman–Crippen LogP) is 5.91. The second-order valence-corrected chi connectivity index (χ2v) is 12.0. The zero-order valence-electron chi connectivity index (χ0n) is 22.8. The molecule has 3 unspecified atom stereocenters. The second-order valence-electron chi connectivity index (χ2n) is 12.0. The van der Waals surface area contributed by atoms with Gasteiger partial charge in [-0.15, -0.1) is 0 Å². The smallest absolute Gasteiger partial charge is 0.407 e. The van der Waals surface area contributed by atoms with Crippen LogP contribution >= 0.6 is 0 Å². The van der Waals surface area contributed by atoms with E-state index in [1.807, 2.05) is 45.9 Å². The quantitative estimate of drug-likeness (QED) is 0.353. The fraction of sp³-hybridized carbons (Fsp3) is 0.724. The number of ketones is 1. The van der Waals surface area contributed by atoms with Gasteiger partial charge in [-0.05, 0) is 101 Å². The van der Waals surface area contributed by atoms with Crippen molar-refractivity contribution in [3.8, 4) is 5.75 Å². The SMILES string of the molecule is COc1cc(C)cc(C(=O)[C@H]2CC(NCCCNC(=O)OC(C)(C)C)CC3C(C)CCC[C@@]32C)c1. The van der Waals surface area contributed by atoms with Crippen LogP contribution in [0.5, 0.6) is 5.75 Å². The summed E-state index contributed by atoms with van der Waals surface area (Å²) in [6.45, 7) is 13.7. The standard InChI is InChI=1S/C29H46N2O4/c1-19-14-21(16-23(15-19)34-7)26(32)25-18-22(17-24-20(2)10-8-11-29(24,25)6)30-12-9-13-31-27(33)35-28(3,4)5/h14-16,20,22,24-25,30H,8-13,17-18H2,1-7H3,(H,31,33)/t20?,22?,24?,25-,29+/m1/s1. The maximum Gasteiger partial charge on any atom is 0.407 e. The van der Waals surface area contributed by atoms with Crippen molar-refractivity contribution in [1.82, 2.24) is 10.6 Å². The number of fused-ring (bicyclic) bond motifs is 1. The molecule has 2 N–H and O–H groups in total. The summed E-state index contributed by atoms with van der Waals surface area (Å²) >= 11 is 0. The maximum atomic E-state index is 14.0. The highest BCUT2D eigenvalue weighted by molar-refractivity contribution is 5.99. The van der Waals surface area contributed by atoms with Crippen molar-refractivity contribution in [2.45, 2.75) is 91.7 Å². The van der Waals surface area contributed by atoms with Gasteiger partial charge in [-0.25, -0.2) is 4.79 Å². The average molecular weight is 487 g/mol. The zero-order valence-corrected chi connectivity index (χ0v) is 22.8. The molecule has 3 rings (SSSR count). The van der Waals surface area contributed by atoms with E-state index in [9.17, 15) is 9.59 Å². The van der Waals surface area contributed by atoms with Crippen molar-refractivity contribution in [3.63, 3.8) is 0 Å². The highest BCUT2D eigenvalue weighted by Crippen LogP contribution is 2.56. The van der Waals surface area contributed by atoms with Crippen LogP contribution < -0.4 is 15.4 Å². The van der Waals surface area contributed by atoms with Crippen molar-refractivity contribution in [2.75, 3.05) is 20.2 Å². The molecule has 0 saturated heterocycles. The van der Waals surface area contributed by atoms with Gasteiger partial charge in [0, 0.05) is 24.1 Å². The molecule has 0 spiro atoms. The number of benzene rings is 1. The summed E-state index contributed by atoms with van der Waals surface area (Å²) < 4.78 is 10.8. The molecule has 1 aromatic rings. The van der Waals surface area contributed by atoms with Crippen molar-refractivity contribution in [1.29, 1.82) is 0 Å². The molecule has 1 amide bonds. The molecule has 0 bridgehead atoms. The molecule has 0 heterocycles. The molecule has 196 valence electrons. The molecular weight excluding hydrogens is 440 g/mol. The number of ether oxygens (including phenoxy) is 2. The Hall–Kier alpha value is -2.08. The number of hydrogen-bond donors (Lipinski definition) is 2. The van der Waals surface area contributed by atoms with E-state index in [1.54, 1.807) is 7.11 Å². The Morgan fingerprint density at radius 3 is 2.57 bits per heavy atom. The summed E-state index contributed by atoms with van der Waals surface area (Å²) in [4.78, 5) is 25.8. The van der Waals surface area contributed by atoms with Gasteiger partial charge in [-0.2, -0.15) is 0 Å². The molecule has 6 heteroatoms. The molecule has 0 aliphatic heterocycles. The first kappa shape index (κ1) is 27.5. The van der Waals surface area contributed by atoms with Gasteiger partial charge >= 0.3 is 6.09 Å². The van der Waals surface area contributed by atoms with Crippen molar-refractivity contribution >= 4 is 11.9 Å². The van der Waals surface area contributed by atoms with Gasteiger partial charge in [-0.3, -0.25) is 4.79 Å². The third-order valence-electron chi connectivity index (χ3n) is 8.11. The van der Waals surface area contributed by atoms with Gasteiger partial charge in [0.25, 0.3) is 0 Å². The molecule has 2 aliphatic carbocycles. The first-order valence-corrected chi connectivity index (χ1v) is 13.3. The fourth-order valence-corrected chi connectivity index (χ4v) is 6.41. The number of hydrogen-bond acceptors (Lipinski definition) is 5. The van der Waals surface area contributed by atoms with Gasteiger partial charge in [0.1, 0.15) is 11.4 Å². The Labute approximate surface area is 211 Å². The first-order chi connectivity index (χ1) is 16.4. The number of nitrogens with one attached hydrogen (secondary N) is 2. The first-order valence-electron chi connectivity index (χ1n) is 13.3. The van der Waals surface area contributed by atoms with Crippen LogP contribution in [0, 0.1) is 30.1 Å². The molecule has 5 atom stereocenters. The molecule has 2 aliphatic rings. The number of carbonyl (C=O) groups excluding carboxylic acids is 2. The van der Waals surface area contributed by atoms with Crippen LogP contribution in [0.15, 0.2) is 18.2 Å². The van der Waals surface area contributed by atoms with Gasteiger partial charge in [0.2, 0.25) is 0 Å². The maximum absolute atomic E-state index is 14.0. The summed E-state index contributed by atoms with van der Waals surface area (Å²) in [5, 5.41) is 6.55. The Bertz CT molecular complexity index is 893. The summed E-state index contributed by atoms with van der Waals surface area (Å²) in [6.07, 6.45) is 5.97. The lowest BCUT2D eigenvalue weighted by Gasteiger charge is -2.54. The molecule has 6 nitrogen and oxygen atoms in total. The Morgan fingerprint density at radius 2 is 1.89 bits per heavy atom. The van der Waals surface area contributed by atoms with Crippen LogP contribution in [0.3, 0.4) is 0 Å². The zero-order chi connectivity index (χ0) is 25.8. The summed E-state index contributed by atoms with van der Waals surface area (Å²) in [5.41, 5.74) is 1.36. The molecule has 2 fully saturated rings. The van der Waals surface area contributed by atoms with Crippen LogP contribution in [0.1, 0.15) is 89.1 Å². The Kier molecular flexibility index (Phi) is 8.90. The number of methoxy groups -OCH3 is 1. The largest absolute Gasteiger partial charge is 0.497 e. The van der Waals surface area contributed by atoms with Gasteiger partial charge in [0.15, 0.2) is 5.78 Å². The average Bonchev–Trinajstić information content (AvgIpc) is 2.77. The molecule has 2 saturated carbocycles. The molecule has 35 heavy (non-hydrogen) atoms. The van der Waals surface area contributed by atoms with E-state index in [4.69, 9.17) is 9.47 Å². The van der Waals surface area contributed by atoms with Crippen molar-refractivity contribution in [3.05, 3.63) is 29.3 Å². The summed E-state index contributed by atoms with van der Waals surface area (Å²) in [6, 6.07) is 6.19. The number of aryl methyl sites for hydroxylation is 1. The number of rotatable bonds is 8. The minimum Gasteiger partial charge on any atom is -0.497 e. The Morgan fingerprint density at radius 1 is 1.14 bits per heavy atom. The van der Waals surface area contributed by atoms with Crippen LogP contribution in [0.4, 0.5) is 4.79 Å². The van der Waals surface area contributed by atoms with E-state index < -0.39 is 5.60 Å². The minimum atomic E-state index is -0.489. The van der Waals surface area contributed by atoms with E-state index in [2.05, 4.69) is 24.5 Å². The molecule has 1 aromatic carbocycles.